The van der Waals surface area contributed by atoms with Gasteiger partial charge in [-0.2, -0.15) is 0 Å². The highest BCUT2D eigenvalue weighted by Gasteiger charge is 2.28. The summed E-state index contributed by atoms with van der Waals surface area (Å²) >= 11 is 6.25. The van der Waals surface area contributed by atoms with Crippen LogP contribution in [0.15, 0.2) is 84.3 Å². The molecule has 8 heteroatoms. The Morgan fingerprint density at radius 1 is 1.06 bits per heavy atom. The molecule has 0 radical (unpaired) electrons. The van der Waals surface area contributed by atoms with Crippen molar-refractivity contribution in [2.45, 2.75) is 18.7 Å². The molecule has 0 aliphatic heterocycles. The number of carbonyl (C=O) groups excluding carboxylic acids is 1. The Morgan fingerprint density at radius 2 is 1.73 bits per heavy atom. The lowest BCUT2D eigenvalue weighted by molar-refractivity contribution is -0.114. The summed E-state index contributed by atoms with van der Waals surface area (Å²) in [7, 11) is -4.03. The molecule has 3 rings (SSSR count). The summed E-state index contributed by atoms with van der Waals surface area (Å²) in [5.41, 5.74) is 2.34. The molecule has 172 valence electrons. The van der Waals surface area contributed by atoms with E-state index in [0.29, 0.717) is 34.3 Å². The van der Waals surface area contributed by atoms with Gasteiger partial charge in [0, 0.05) is 10.7 Å². The fraction of sp³-hybridized carbons (Fsp3) is 0.160. The Labute approximate surface area is 199 Å². The molecule has 6 nitrogen and oxygen atoms in total. The van der Waals surface area contributed by atoms with Gasteiger partial charge in [0.1, 0.15) is 18.9 Å². The van der Waals surface area contributed by atoms with Gasteiger partial charge in [-0.1, -0.05) is 48.0 Å². The molecule has 0 fully saturated rings. The van der Waals surface area contributed by atoms with E-state index in [1.165, 1.54) is 12.1 Å². The van der Waals surface area contributed by atoms with E-state index in [1.807, 2.05) is 6.92 Å². The van der Waals surface area contributed by atoms with Gasteiger partial charge in [-0.3, -0.25) is 9.10 Å². The van der Waals surface area contributed by atoms with Crippen molar-refractivity contribution in [3.63, 3.8) is 0 Å². The van der Waals surface area contributed by atoms with Crippen LogP contribution in [-0.4, -0.2) is 27.5 Å². The van der Waals surface area contributed by atoms with Crippen LogP contribution in [0.5, 0.6) is 5.75 Å². The van der Waals surface area contributed by atoms with Crippen molar-refractivity contribution in [3.8, 4) is 5.75 Å². The van der Waals surface area contributed by atoms with Crippen LogP contribution < -0.4 is 14.4 Å². The summed E-state index contributed by atoms with van der Waals surface area (Å²) in [4.78, 5) is 13.0. The Morgan fingerprint density at radius 3 is 2.36 bits per heavy atom. The van der Waals surface area contributed by atoms with Crippen LogP contribution in [0.3, 0.4) is 0 Å². The first-order chi connectivity index (χ1) is 15.7. The Balaban J connectivity index is 1.90. The van der Waals surface area contributed by atoms with Crippen LogP contribution in [0.2, 0.25) is 5.02 Å². The smallest absolute Gasteiger partial charge is 0.264 e. The van der Waals surface area contributed by atoms with Gasteiger partial charge < -0.3 is 10.1 Å². The number of sulfonamides is 1. The van der Waals surface area contributed by atoms with Crippen LogP contribution in [0, 0.1) is 13.8 Å². The summed E-state index contributed by atoms with van der Waals surface area (Å²) in [5, 5.41) is 3.15. The van der Waals surface area contributed by atoms with Crippen molar-refractivity contribution in [2.75, 3.05) is 22.8 Å². The standard InChI is InChI=1S/C25H25ClN2O4S/c1-4-16-32-21-12-10-20(11-13-21)27-25(29)17-28(24-7-5-6-23(26)19(24)3)33(30,31)22-14-8-18(2)9-15-22/h4-15H,1,16-17H2,2-3H3,(H,27,29). The zero-order valence-corrected chi connectivity index (χ0v) is 20.0. The minimum absolute atomic E-state index is 0.0870. The first-order valence-electron chi connectivity index (χ1n) is 10.2. The molecule has 1 N–H and O–H groups in total. The third-order valence-corrected chi connectivity index (χ3v) is 7.09. The van der Waals surface area contributed by atoms with E-state index < -0.39 is 22.5 Å². The quantitative estimate of drug-likeness (QED) is 0.415. The highest BCUT2D eigenvalue weighted by Crippen LogP contribution is 2.31. The molecule has 3 aromatic rings. The van der Waals surface area contributed by atoms with Gasteiger partial charge in [0.05, 0.1) is 10.6 Å². The molecule has 0 heterocycles. The molecule has 0 aromatic heterocycles. The normalized spacial score (nSPS) is 11.0. The molecule has 3 aromatic carbocycles. The highest BCUT2D eigenvalue weighted by molar-refractivity contribution is 7.92. The van der Waals surface area contributed by atoms with Crippen molar-refractivity contribution in [1.29, 1.82) is 0 Å². The second-order valence-corrected chi connectivity index (χ2v) is 9.65. The van der Waals surface area contributed by atoms with Crippen LogP contribution in [-0.2, 0) is 14.8 Å². The number of amides is 1. The van der Waals surface area contributed by atoms with E-state index in [4.69, 9.17) is 16.3 Å². The van der Waals surface area contributed by atoms with Crippen molar-refractivity contribution in [1.82, 2.24) is 0 Å². The molecule has 0 aliphatic carbocycles. The van der Waals surface area contributed by atoms with E-state index >= 15 is 0 Å². The fourth-order valence-electron chi connectivity index (χ4n) is 3.12. The minimum atomic E-state index is -4.03. The lowest BCUT2D eigenvalue weighted by atomic mass is 10.2. The number of hydrogen-bond donors (Lipinski definition) is 1. The molecule has 0 unspecified atom stereocenters. The van der Waals surface area contributed by atoms with Crippen molar-refractivity contribution >= 4 is 38.9 Å². The van der Waals surface area contributed by atoms with Gasteiger partial charge in [-0.05, 0) is 67.9 Å². The predicted molar refractivity (Wildman–Crippen MR) is 133 cm³/mol. The maximum absolute atomic E-state index is 13.5. The second kappa shape index (κ2) is 10.6. The Kier molecular flexibility index (Phi) is 7.79. The molecule has 0 saturated heterocycles. The summed E-state index contributed by atoms with van der Waals surface area (Å²) in [6.45, 7) is 7.13. The van der Waals surface area contributed by atoms with Gasteiger partial charge >= 0.3 is 0 Å². The average Bonchev–Trinajstić information content (AvgIpc) is 2.79. The lowest BCUT2D eigenvalue weighted by Gasteiger charge is -2.26. The SMILES string of the molecule is C=CCOc1ccc(NC(=O)CN(c2cccc(Cl)c2C)S(=O)(=O)c2ccc(C)cc2)cc1. The maximum atomic E-state index is 13.5. The van der Waals surface area contributed by atoms with Crippen LogP contribution >= 0.6 is 11.6 Å². The first-order valence-corrected chi connectivity index (χ1v) is 12.0. The predicted octanol–water partition coefficient (Wildman–Crippen LogP) is 5.36. The first kappa shape index (κ1) is 24.4. The third-order valence-electron chi connectivity index (χ3n) is 4.91. The number of hydrogen-bond acceptors (Lipinski definition) is 4. The molecular formula is C25H25ClN2O4S. The van der Waals surface area contributed by atoms with Gasteiger partial charge in [0.15, 0.2) is 0 Å². The zero-order valence-electron chi connectivity index (χ0n) is 18.4. The van der Waals surface area contributed by atoms with E-state index in [9.17, 15) is 13.2 Å². The lowest BCUT2D eigenvalue weighted by Crippen LogP contribution is -2.38. The van der Waals surface area contributed by atoms with Crippen LogP contribution in [0.1, 0.15) is 11.1 Å². The number of nitrogens with one attached hydrogen (secondary N) is 1. The van der Waals surface area contributed by atoms with Crippen LogP contribution in [0.4, 0.5) is 11.4 Å². The summed E-state index contributed by atoms with van der Waals surface area (Å²) in [5.74, 6) is 0.135. The number of rotatable bonds is 9. The van der Waals surface area contributed by atoms with Crippen LogP contribution in [0.25, 0.3) is 0 Å². The average molecular weight is 485 g/mol. The van der Waals surface area contributed by atoms with E-state index in [2.05, 4.69) is 11.9 Å². The maximum Gasteiger partial charge on any atom is 0.264 e. The summed E-state index contributed by atoms with van der Waals surface area (Å²) < 4.78 is 33.5. The number of nitrogens with zero attached hydrogens (tertiary/aromatic N) is 1. The number of ether oxygens (including phenoxy) is 1. The van der Waals surface area contributed by atoms with Gasteiger partial charge in [0.25, 0.3) is 10.0 Å². The Bertz CT molecular complexity index is 1240. The number of carbonyl (C=O) groups is 1. The second-order valence-electron chi connectivity index (χ2n) is 7.38. The molecule has 0 saturated carbocycles. The highest BCUT2D eigenvalue weighted by atomic mass is 35.5. The summed E-state index contributed by atoms with van der Waals surface area (Å²) in [6, 6.07) is 18.2. The molecule has 1 amide bonds. The number of aryl methyl sites for hydroxylation is 1. The minimum Gasteiger partial charge on any atom is -0.490 e. The van der Waals surface area contributed by atoms with E-state index in [0.717, 1.165) is 9.87 Å². The molecular weight excluding hydrogens is 460 g/mol. The third kappa shape index (κ3) is 5.94. The van der Waals surface area contributed by atoms with Gasteiger partial charge in [-0.15, -0.1) is 0 Å². The Hall–Kier alpha value is -3.29. The molecule has 0 atom stereocenters. The topological polar surface area (TPSA) is 75.7 Å². The fourth-order valence-corrected chi connectivity index (χ4v) is 4.77. The number of benzene rings is 3. The van der Waals surface area contributed by atoms with Crippen molar-refractivity contribution < 1.29 is 17.9 Å². The van der Waals surface area contributed by atoms with Crippen molar-refractivity contribution in [2.24, 2.45) is 0 Å². The van der Waals surface area contributed by atoms with Gasteiger partial charge in [0.2, 0.25) is 5.91 Å². The zero-order chi connectivity index (χ0) is 24.0. The van der Waals surface area contributed by atoms with Crippen molar-refractivity contribution in [3.05, 3.63) is 95.5 Å². The molecule has 0 bridgehead atoms. The monoisotopic (exact) mass is 484 g/mol. The molecule has 33 heavy (non-hydrogen) atoms. The molecule has 0 aliphatic rings. The number of halogens is 1. The van der Waals surface area contributed by atoms with Gasteiger partial charge in [-0.25, -0.2) is 8.42 Å². The van der Waals surface area contributed by atoms with E-state index in [1.54, 1.807) is 67.6 Å². The molecule has 0 spiro atoms. The summed E-state index contributed by atoms with van der Waals surface area (Å²) in [6.07, 6.45) is 1.64. The number of anilines is 2. The largest absolute Gasteiger partial charge is 0.490 e. The van der Waals surface area contributed by atoms with E-state index in [-0.39, 0.29) is 4.90 Å².